The Morgan fingerprint density at radius 1 is 1.36 bits per heavy atom. The van der Waals surface area contributed by atoms with Crippen LogP contribution in [0.25, 0.3) is 11.1 Å². The van der Waals surface area contributed by atoms with Crippen molar-refractivity contribution in [2.24, 2.45) is 5.92 Å². The summed E-state index contributed by atoms with van der Waals surface area (Å²) in [5.41, 5.74) is 0.821. The normalized spacial score (nSPS) is 27.9. The van der Waals surface area contributed by atoms with Gasteiger partial charge in [0.15, 0.2) is 5.58 Å². The number of piperidine rings is 1. The summed E-state index contributed by atoms with van der Waals surface area (Å²) < 4.78 is 5.81. The minimum absolute atomic E-state index is 0.0760. The fourth-order valence-corrected chi connectivity index (χ4v) is 3.93. The van der Waals surface area contributed by atoms with Gasteiger partial charge in [0.2, 0.25) is 5.89 Å². The molecule has 2 aliphatic rings. The van der Waals surface area contributed by atoms with Gasteiger partial charge in [-0.2, -0.15) is 0 Å². The van der Waals surface area contributed by atoms with Crippen molar-refractivity contribution in [2.75, 3.05) is 20.1 Å². The topological polar surface area (TPSA) is 78.7 Å². The number of benzene rings is 1. The SMILES string of the molecule is CN1C(=O)N[C@](C)([C@@H]2CCCN(Cc3nc4ccccc4o3)C2)C1=O. The molecule has 132 valence electrons. The molecule has 2 aromatic rings. The van der Waals surface area contributed by atoms with E-state index in [0.29, 0.717) is 12.4 Å². The summed E-state index contributed by atoms with van der Waals surface area (Å²) in [7, 11) is 1.53. The number of likely N-dealkylation sites (N-methyl/N-ethyl adjacent to an activating group) is 1. The molecule has 7 heteroatoms. The minimum Gasteiger partial charge on any atom is -0.439 e. The molecule has 0 saturated carbocycles. The molecule has 25 heavy (non-hydrogen) atoms. The van der Waals surface area contributed by atoms with Crippen LogP contribution in [0.5, 0.6) is 0 Å². The lowest BCUT2D eigenvalue weighted by molar-refractivity contribution is -0.132. The maximum atomic E-state index is 12.5. The first-order chi connectivity index (χ1) is 12.0. The standard InChI is InChI=1S/C18H22N4O3/c1-18(16(23)21(2)17(24)20-18)12-6-5-9-22(10-12)11-15-19-13-7-3-4-8-14(13)25-15/h3-4,7-8,12H,5-6,9-11H2,1-2H3,(H,20,24)/t12-,18-/m1/s1. The van der Waals surface area contributed by atoms with E-state index in [9.17, 15) is 9.59 Å². The van der Waals surface area contributed by atoms with Crippen molar-refractivity contribution in [1.82, 2.24) is 20.1 Å². The molecule has 2 fully saturated rings. The number of urea groups is 1. The number of carbonyl (C=O) groups excluding carboxylic acids is 2. The molecular weight excluding hydrogens is 320 g/mol. The summed E-state index contributed by atoms with van der Waals surface area (Å²) in [5, 5.41) is 2.88. The van der Waals surface area contributed by atoms with E-state index in [2.05, 4.69) is 15.2 Å². The number of oxazole rings is 1. The lowest BCUT2D eigenvalue weighted by Gasteiger charge is -2.39. The summed E-state index contributed by atoms with van der Waals surface area (Å²) >= 11 is 0. The highest BCUT2D eigenvalue weighted by molar-refractivity contribution is 6.06. The first kappa shape index (κ1) is 16.1. The van der Waals surface area contributed by atoms with Gasteiger partial charge in [0.25, 0.3) is 5.91 Å². The van der Waals surface area contributed by atoms with Crippen LogP contribution in [0.3, 0.4) is 0 Å². The monoisotopic (exact) mass is 342 g/mol. The molecule has 1 N–H and O–H groups in total. The predicted molar refractivity (Wildman–Crippen MR) is 91.7 cm³/mol. The van der Waals surface area contributed by atoms with E-state index in [0.717, 1.165) is 37.0 Å². The molecule has 0 radical (unpaired) electrons. The Morgan fingerprint density at radius 3 is 2.88 bits per heavy atom. The van der Waals surface area contributed by atoms with Crippen molar-refractivity contribution in [3.8, 4) is 0 Å². The second-order valence-electron chi connectivity index (χ2n) is 7.15. The van der Waals surface area contributed by atoms with Crippen molar-refractivity contribution >= 4 is 23.0 Å². The molecule has 0 bridgehead atoms. The Hall–Kier alpha value is -2.41. The third kappa shape index (κ3) is 2.68. The fraction of sp³-hybridized carbons (Fsp3) is 0.500. The zero-order valence-electron chi connectivity index (χ0n) is 14.5. The number of carbonyl (C=O) groups is 2. The highest BCUT2D eigenvalue weighted by Crippen LogP contribution is 2.32. The summed E-state index contributed by atoms with van der Waals surface area (Å²) in [5.74, 6) is 0.615. The van der Waals surface area contributed by atoms with Crippen molar-refractivity contribution in [3.05, 3.63) is 30.2 Å². The van der Waals surface area contributed by atoms with Gasteiger partial charge in [-0.1, -0.05) is 12.1 Å². The van der Waals surface area contributed by atoms with Gasteiger partial charge < -0.3 is 9.73 Å². The Labute approximate surface area is 146 Å². The van der Waals surface area contributed by atoms with E-state index in [4.69, 9.17) is 4.42 Å². The fourth-order valence-electron chi connectivity index (χ4n) is 3.93. The van der Waals surface area contributed by atoms with Gasteiger partial charge in [0, 0.05) is 19.5 Å². The smallest absolute Gasteiger partial charge is 0.324 e. The summed E-state index contributed by atoms with van der Waals surface area (Å²) in [6, 6.07) is 7.40. The van der Waals surface area contributed by atoms with E-state index < -0.39 is 5.54 Å². The van der Waals surface area contributed by atoms with E-state index in [1.54, 1.807) is 0 Å². The number of hydrogen-bond acceptors (Lipinski definition) is 5. The molecule has 7 nitrogen and oxygen atoms in total. The van der Waals surface area contributed by atoms with Crippen LogP contribution < -0.4 is 5.32 Å². The number of imide groups is 1. The maximum absolute atomic E-state index is 12.5. The number of para-hydroxylation sites is 2. The van der Waals surface area contributed by atoms with Crippen molar-refractivity contribution in [1.29, 1.82) is 0 Å². The van der Waals surface area contributed by atoms with Gasteiger partial charge in [0.1, 0.15) is 11.1 Å². The van der Waals surface area contributed by atoms with Gasteiger partial charge in [-0.15, -0.1) is 0 Å². The molecule has 2 saturated heterocycles. The van der Waals surface area contributed by atoms with Crippen LogP contribution in [0, 0.1) is 5.92 Å². The molecule has 1 aromatic carbocycles. The number of likely N-dealkylation sites (tertiary alicyclic amines) is 1. The number of nitrogens with one attached hydrogen (secondary N) is 1. The number of amides is 3. The zero-order chi connectivity index (χ0) is 17.6. The molecule has 2 aliphatic heterocycles. The zero-order valence-corrected chi connectivity index (χ0v) is 14.5. The van der Waals surface area contributed by atoms with E-state index in [-0.39, 0.29) is 17.9 Å². The lowest BCUT2D eigenvalue weighted by atomic mass is 9.80. The summed E-state index contributed by atoms with van der Waals surface area (Å²) in [6.07, 6.45) is 1.90. The number of aromatic nitrogens is 1. The van der Waals surface area contributed by atoms with Crippen molar-refractivity contribution < 1.29 is 14.0 Å². The lowest BCUT2D eigenvalue weighted by Crippen LogP contribution is -2.55. The van der Waals surface area contributed by atoms with Gasteiger partial charge in [-0.05, 0) is 38.4 Å². The Kier molecular flexibility index (Phi) is 3.76. The van der Waals surface area contributed by atoms with Crippen LogP contribution >= 0.6 is 0 Å². The molecule has 2 atom stereocenters. The van der Waals surface area contributed by atoms with Crippen LogP contribution in [0.2, 0.25) is 0 Å². The second-order valence-corrected chi connectivity index (χ2v) is 7.15. The molecule has 0 unspecified atom stereocenters. The third-order valence-corrected chi connectivity index (χ3v) is 5.44. The number of fused-ring (bicyclic) bond motifs is 1. The first-order valence-corrected chi connectivity index (χ1v) is 8.64. The number of nitrogens with zero attached hydrogens (tertiary/aromatic N) is 3. The molecular formula is C18H22N4O3. The molecule has 0 aliphatic carbocycles. The molecule has 0 spiro atoms. The highest BCUT2D eigenvalue weighted by atomic mass is 16.3. The Morgan fingerprint density at radius 2 is 2.16 bits per heavy atom. The van der Waals surface area contributed by atoms with Gasteiger partial charge in [-0.3, -0.25) is 14.6 Å². The summed E-state index contributed by atoms with van der Waals surface area (Å²) in [6.45, 7) is 4.11. The van der Waals surface area contributed by atoms with E-state index in [1.165, 1.54) is 11.9 Å². The van der Waals surface area contributed by atoms with Crippen LogP contribution in [0.1, 0.15) is 25.7 Å². The van der Waals surface area contributed by atoms with Gasteiger partial charge in [-0.25, -0.2) is 9.78 Å². The number of hydrogen-bond donors (Lipinski definition) is 1. The van der Waals surface area contributed by atoms with Gasteiger partial charge in [0.05, 0.1) is 6.54 Å². The van der Waals surface area contributed by atoms with E-state index >= 15 is 0 Å². The van der Waals surface area contributed by atoms with Crippen molar-refractivity contribution in [2.45, 2.75) is 31.8 Å². The number of rotatable bonds is 3. The van der Waals surface area contributed by atoms with E-state index in [1.807, 2.05) is 31.2 Å². The van der Waals surface area contributed by atoms with Crippen LogP contribution in [-0.4, -0.2) is 52.4 Å². The quantitative estimate of drug-likeness (QED) is 0.863. The minimum atomic E-state index is -0.828. The first-order valence-electron chi connectivity index (χ1n) is 8.64. The van der Waals surface area contributed by atoms with Crippen LogP contribution in [0.15, 0.2) is 28.7 Å². The summed E-state index contributed by atoms with van der Waals surface area (Å²) in [4.78, 5) is 32.3. The molecule has 1 aromatic heterocycles. The highest BCUT2D eigenvalue weighted by Gasteiger charge is 2.51. The van der Waals surface area contributed by atoms with Crippen LogP contribution in [-0.2, 0) is 11.3 Å². The third-order valence-electron chi connectivity index (χ3n) is 5.44. The molecule has 3 heterocycles. The Balaban J connectivity index is 1.49. The van der Waals surface area contributed by atoms with Gasteiger partial charge >= 0.3 is 6.03 Å². The predicted octanol–water partition coefficient (Wildman–Crippen LogP) is 1.98. The van der Waals surface area contributed by atoms with Crippen molar-refractivity contribution in [3.63, 3.8) is 0 Å². The molecule has 3 amide bonds. The molecule has 4 rings (SSSR count). The van der Waals surface area contributed by atoms with Crippen LogP contribution in [0.4, 0.5) is 4.79 Å². The average molecular weight is 342 g/mol. The Bertz CT molecular complexity index is 800. The second kappa shape index (κ2) is 5.84. The maximum Gasteiger partial charge on any atom is 0.324 e. The average Bonchev–Trinajstić information content (AvgIpc) is 3.10. The largest absolute Gasteiger partial charge is 0.439 e.